The zero-order chi connectivity index (χ0) is 14.7. The first-order chi connectivity index (χ1) is 9.96. The summed E-state index contributed by atoms with van der Waals surface area (Å²) >= 11 is 0. The second kappa shape index (κ2) is 4.26. The molecule has 3 unspecified atom stereocenters. The molecule has 0 amide bonds. The number of hydrogen-bond acceptors (Lipinski definition) is 4. The topological polar surface area (TPSA) is 63.8 Å². The highest BCUT2D eigenvalue weighted by Gasteiger charge is 2.62. The van der Waals surface area contributed by atoms with Crippen molar-refractivity contribution in [2.75, 3.05) is 0 Å². The molecule has 0 saturated heterocycles. The first-order valence-corrected chi connectivity index (χ1v) is 8.18. The Morgan fingerprint density at radius 1 is 1.14 bits per heavy atom. The fourth-order valence-electron chi connectivity index (χ4n) is 6.89. The zero-order valence-corrected chi connectivity index (χ0v) is 13.1. The van der Waals surface area contributed by atoms with E-state index in [4.69, 9.17) is 5.84 Å². The van der Waals surface area contributed by atoms with E-state index in [1.165, 1.54) is 38.5 Å². The van der Waals surface area contributed by atoms with Crippen LogP contribution in [0.15, 0.2) is 18.6 Å². The highest BCUT2D eigenvalue weighted by molar-refractivity contribution is 5.18. The van der Waals surface area contributed by atoms with Gasteiger partial charge in [0.25, 0.3) is 0 Å². The molecule has 0 spiro atoms. The highest BCUT2D eigenvalue weighted by Crippen LogP contribution is 2.71. The molecule has 4 bridgehead atoms. The summed E-state index contributed by atoms with van der Waals surface area (Å²) in [4.78, 5) is 8.81. The minimum Gasteiger partial charge on any atom is -0.271 e. The van der Waals surface area contributed by atoms with Crippen molar-refractivity contribution in [1.82, 2.24) is 15.4 Å². The van der Waals surface area contributed by atoms with E-state index in [1.54, 1.807) is 12.4 Å². The molecule has 1 aromatic rings. The standard InChI is InChI=1S/C17H26N4/c1-15-5-12-6-16(2,9-15)11-17(7-12,10-15)14(21-18)13-8-19-3-4-20-13/h3-4,8,12,14,21H,5-7,9-11,18H2,1-2H3. The SMILES string of the molecule is CC12CC3CC(C)(C1)CC(C(NN)c1cnccn1)(C3)C2. The van der Waals surface area contributed by atoms with E-state index in [-0.39, 0.29) is 11.5 Å². The number of nitrogens with zero attached hydrogens (tertiary/aromatic N) is 2. The molecule has 0 radical (unpaired) electrons. The van der Waals surface area contributed by atoms with Crippen molar-refractivity contribution in [3.8, 4) is 0 Å². The Kier molecular flexibility index (Phi) is 2.77. The van der Waals surface area contributed by atoms with Crippen LogP contribution in [0.1, 0.15) is 64.1 Å². The Bertz CT molecular complexity index is 525. The molecule has 3 atom stereocenters. The zero-order valence-electron chi connectivity index (χ0n) is 13.1. The summed E-state index contributed by atoms with van der Waals surface area (Å²) in [6.45, 7) is 4.99. The van der Waals surface area contributed by atoms with E-state index in [9.17, 15) is 0 Å². The molecule has 4 saturated carbocycles. The molecule has 0 aliphatic heterocycles. The van der Waals surface area contributed by atoms with Gasteiger partial charge in [0.2, 0.25) is 0 Å². The quantitative estimate of drug-likeness (QED) is 0.662. The highest BCUT2D eigenvalue weighted by atomic mass is 15.2. The van der Waals surface area contributed by atoms with Crippen molar-refractivity contribution in [3.05, 3.63) is 24.3 Å². The summed E-state index contributed by atoms with van der Waals surface area (Å²) in [6.07, 6.45) is 13.4. The fourth-order valence-corrected chi connectivity index (χ4v) is 6.89. The molecule has 4 aliphatic rings. The summed E-state index contributed by atoms with van der Waals surface area (Å²) in [5, 5.41) is 0. The average Bonchev–Trinajstić information content (AvgIpc) is 2.36. The predicted octanol–water partition coefficient (Wildman–Crippen LogP) is 2.98. The lowest BCUT2D eigenvalue weighted by atomic mass is 9.39. The van der Waals surface area contributed by atoms with Crippen LogP contribution >= 0.6 is 0 Å². The Labute approximate surface area is 126 Å². The Balaban J connectivity index is 1.76. The van der Waals surface area contributed by atoms with Crippen molar-refractivity contribution in [3.63, 3.8) is 0 Å². The van der Waals surface area contributed by atoms with E-state index in [1.807, 2.05) is 6.20 Å². The van der Waals surface area contributed by atoms with Gasteiger partial charge in [-0.1, -0.05) is 13.8 Å². The van der Waals surface area contributed by atoms with Crippen molar-refractivity contribution in [2.24, 2.45) is 28.0 Å². The van der Waals surface area contributed by atoms with Crippen LogP contribution in [0.2, 0.25) is 0 Å². The van der Waals surface area contributed by atoms with Gasteiger partial charge in [-0.3, -0.25) is 21.2 Å². The molecule has 3 N–H and O–H groups in total. The molecule has 4 aliphatic carbocycles. The van der Waals surface area contributed by atoms with Gasteiger partial charge < -0.3 is 0 Å². The number of nitrogens with one attached hydrogen (secondary N) is 1. The number of aromatic nitrogens is 2. The largest absolute Gasteiger partial charge is 0.271 e. The van der Waals surface area contributed by atoms with Crippen molar-refractivity contribution in [1.29, 1.82) is 0 Å². The molecular formula is C17H26N4. The Morgan fingerprint density at radius 3 is 2.38 bits per heavy atom. The lowest BCUT2D eigenvalue weighted by Gasteiger charge is -2.67. The van der Waals surface area contributed by atoms with Gasteiger partial charge in [-0.05, 0) is 60.7 Å². The summed E-state index contributed by atoms with van der Waals surface area (Å²) < 4.78 is 0. The maximum Gasteiger partial charge on any atom is 0.0775 e. The van der Waals surface area contributed by atoms with Crippen LogP contribution in [0.25, 0.3) is 0 Å². The van der Waals surface area contributed by atoms with Crippen LogP contribution in [0.3, 0.4) is 0 Å². The fraction of sp³-hybridized carbons (Fsp3) is 0.765. The first kappa shape index (κ1) is 13.6. The van der Waals surface area contributed by atoms with Gasteiger partial charge in [0, 0.05) is 12.4 Å². The molecular weight excluding hydrogens is 260 g/mol. The van der Waals surface area contributed by atoms with Crippen LogP contribution in [0.5, 0.6) is 0 Å². The van der Waals surface area contributed by atoms with Gasteiger partial charge in [0.05, 0.1) is 17.9 Å². The van der Waals surface area contributed by atoms with E-state index >= 15 is 0 Å². The van der Waals surface area contributed by atoms with E-state index in [0.717, 1.165) is 11.6 Å². The van der Waals surface area contributed by atoms with Gasteiger partial charge >= 0.3 is 0 Å². The smallest absolute Gasteiger partial charge is 0.0775 e. The van der Waals surface area contributed by atoms with Gasteiger partial charge in [0.15, 0.2) is 0 Å². The molecule has 4 fully saturated rings. The minimum absolute atomic E-state index is 0.133. The normalized spacial score (nSPS) is 45.8. The third kappa shape index (κ3) is 2.03. The van der Waals surface area contributed by atoms with E-state index in [0.29, 0.717) is 10.8 Å². The Hall–Kier alpha value is -1.00. The molecule has 0 aromatic carbocycles. The van der Waals surface area contributed by atoms with Crippen molar-refractivity contribution < 1.29 is 0 Å². The van der Waals surface area contributed by atoms with Gasteiger partial charge in [-0.2, -0.15) is 0 Å². The summed E-state index contributed by atoms with van der Waals surface area (Å²) in [7, 11) is 0. The van der Waals surface area contributed by atoms with Gasteiger partial charge in [-0.15, -0.1) is 0 Å². The second-order valence-corrected chi connectivity index (χ2v) is 8.72. The minimum atomic E-state index is 0.133. The molecule has 114 valence electrons. The van der Waals surface area contributed by atoms with Crippen LogP contribution in [-0.2, 0) is 0 Å². The van der Waals surface area contributed by atoms with E-state index in [2.05, 4.69) is 29.2 Å². The average molecular weight is 286 g/mol. The van der Waals surface area contributed by atoms with Crippen LogP contribution in [0, 0.1) is 22.2 Å². The number of hydrazine groups is 1. The Morgan fingerprint density at radius 2 is 1.86 bits per heavy atom. The van der Waals surface area contributed by atoms with Crippen LogP contribution in [-0.4, -0.2) is 9.97 Å². The van der Waals surface area contributed by atoms with Crippen LogP contribution in [0.4, 0.5) is 0 Å². The molecule has 21 heavy (non-hydrogen) atoms. The molecule has 1 heterocycles. The summed E-state index contributed by atoms with van der Waals surface area (Å²) in [6, 6.07) is 0.133. The number of nitrogens with two attached hydrogens (primary N) is 1. The van der Waals surface area contributed by atoms with Crippen molar-refractivity contribution >= 4 is 0 Å². The molecule has 4 heteroatoms. The predicted molar refractivity (Wildman–Crippen MR) is 81.9 cm³/mol. The third-order valence-electron chi connectivity index (χ3n) is 6.33. The lowest BCUT2D eigenvalue weighted by Crippen LogP contribution is -2.59. The van der Waals surface area contributed by atoms with E-state index < -0.39 is 0 Å². The van der Waals surface area contributed by atoms with Crippen LogP contribution < -0.4 is 11.3 Å². The molecule has 1 aromatic heterocycles. The second-order valence-electron chi connectivity index (χ2n) is 8.72. The summed E-state index contributed by atoms with van der Waals surface area (Å²) in [5.74, 6) is 6.86. The maximum atomic E-state index is 5.99. The lowest BCUT2D eigenvalue weighted by molar-refractivity contribution is -0.159. The third-order valence-corrected chi connectivity index (χ3v) is 6.33. The monoisotopic (exact) mass is 286 g/mol. The first-order valence-electron chi connectivity index (χ1n) is 8.18. The number of hydrogen-bond donors (Lipinski definition) is 2. The maximum absolute atomic E-state index is 5.99. The number of rotatable bonds is 3. The van der Waals surface area contributed by atoms with Gasteiger partial charge in [-0.25, -0.2) is 0 Å². The molecule has 5 rings (SSSR count). The molecule has 4 nitrogen and oxygen atoms in total. The summed E-state index contributed by atoms with van der Waals surface area (Å²) in [5.41, 5.74) is 5.36. The van der Waals surface area contributed by atoms with Gasteiger partial charge in [0.1, 0.15) is 0 Å². The van der Waals surface area contributed by atoms with Crippen molar-refractivity contribution in [2.45, 2.75) is 58.4 Å².